The van der Waals surface area contributed by atoms with Crippen molar-refractivity contribution in [1.29, 1.82) is 5.26 Å². The maximum atomic E-state index is 9.36. The molecule has 3 aliphatic rings. The first-order valence-corrected chi connectivity index (χ1v) is 8.20. The van der Waals surface area contributed by atoms with E-state index in [1.807, 2.05) is 12.3 Å². The Morgan fingerprint density at radius 2 is 2.14 bits per heavy atom. The van der Waals surface area contributed by atoms with E-state index in [4.69, 9.17) is 4.74 Å². The molecule has 1 spiro atoms. The van der Waals surface area contributed by atoms with Crippen LogP contribution in [0.15, 0.2) is 24.4 Å². The van der Waals surface area contributed by atoms with Crippen molar-refractivity contribution in [3.8, 4) is 6.07 Å². The molecule has 2 saturated carbocycles. The third-order valence-electron chi connectivity index (χ3n) is 6.17. The molecule has 0 N–H and O–H groups in total. The molecule has 3 heteroatoms. The molecule has 0 amide bonds. The molecule has 110 valence electrons. The summed E-state index contributed by atoms with van der Waals surface area (Å²) in [6.45, 7) is 0.894. The lowest BCUT2D eigenvalue weighted by atomic mass is 9.76. The monoisotopic (exact) mass is 282 g/mol. The number of hydrogen-bond donors (Lipinski definition) is 0. The Morgan fingerprint density at radius 3 is 2.86 bits per heavy atom. The highest BCUT2D eigenvalue weighted by molar-refractivity contribution is 5.25. The van der Waals surface area contributed by atoms with Crippen molar-refractivity contribution >= 4 is 0 Å². The molecular weight excluding hydrogens is 260 g/mol. The molecule has 2 aliphatic carbocycles. The minimum absolute atomic E-state index is 0.0370. The molecule has 1 saturated heterocycles. The van der Waals surface area contributed by atoms with Gasteiger partial charge in [0.2, 0.25) is 0 Å². The van der Waals surface area contributed by atoms with Crippen LogP contribution in [0.25, 0.3) is 0 Å². The number of fused-ring (bicyclic) bond motifs is 2. The van der Waals surface area contributed by atoms with Gasteiger partial charge >= 0.3 is 0 Å². The Bertz CT molecular complexity index is 558. The van der Waals surface area contributed by atoms with Crippen LogP contribution in [-0.4, -0.2) is 17.2 Å². The first kappa shape index (κ1) is 13.3. The molecule has 1 aromatic heterocycles. The summed E-state index contributed by atoms with van der Waals surface area (Å²) < 4.78 is 6.27. The molecule has 2 heterocycles. The predicted molar refractivity (Wildman–Crippen MR) is 79.5 cm³/mol. The molecule has 4 rings (SSSR count). The molecule has 1 aromatic rings. The van der Waals surface area contributed by atoms with Crippen molar-refractivity contribution in [2.24, 2.45) is 11.8 Å². The van der Waals surface area contributed by atoms with Gasteiger partial charge in [-0.1, -0.05) is 18.9 Å². The zero-order chi connectivity index (χ0) is 14.3. The number of aromatic nitrogens is 1. The Kier molecular flexibility index (Phi) is 3.04. The molecule has 3 fully saturated rings. The minimum Gasteiger partial charge on any atom is -0.374 e. The molecular formula is C18H22N2O. The zero-order valence-corrected chi connectivity index (χ0v) is 12.4. The Hall–Kier alpha value is -1.40. The maximum absolute atomic E-state index is 9.36. The average molecular weight is 282 g/mol. The van der Waals surface area contributed by atoms with Crippen molar-refractivity contribution in [3.05, 3.63) is 30.1 Å². The van der Waals surface area contributed by atoms with Gasteiger partial charge in [-0.3, -0.25) is 4.98 Å². The summed E-state index contributed by atoms with van der Waals surface area (Å²) in [5, 5.41) is 9.36. The van der Waals surface area contributed by atoms with Crippen LogP contribution in [-0.2, 0) is 10.2 Å². The summed E-state index contributed by atoms with van der Waals surface area (Å²) >= 11 is 0. The minimum atomic E-state index is -0.0370. The van der Waals surface area contributed by atoms with Crippen molar-refractivity contribution in [2.45, 2.75) is 56.0 Å². The second kappa shape index (κ2) is 4.81. The molecule has 0 radical (unpaired) electrons. The van der Waals surface area contributed by atoms with Crippen molar-refractivity contribution < 1.29 is 4.74 Å². The number of nitrogens with zero attached hydrogens (tertiary/aromatic N) is 2. The first-order chi connectivity index (χ1) is 10.3. The van der Waals surface area contributed by atoms with Crippen LogP contribution >= 0.6 is 0 Å². The van der Waals surface area contributed by atoms with E-state index in [-0.39, 0.29) is 11.0 Å². The Labute approximate surface area is 126 Å². The summed E-state index contributed by atoms with van der Waals surface area (Å²) in [7, 11) is 0. The highest BCUT2D eigenvalue weighted by Gasteiger charge is 2.59. The van der Waals surface area contributed by atoms with Crippen LogP contribution in [0.1, 0.15) is 50.6 Å². The second-order valence-corrected chi connectivity index (χ2v) is 7.19. The number of hydrogen-bond acceptors (Lipinski definition) is 3. The zero-order valence-electron chi connectivity index (χ0n) is 12.4. The Morgan fingerprint density at radius 1 is 1.29 bits per heavy atom. The molecule has 3 atom stereocenters. The summed E-state index contributed by atoms with van der Waals surface area (Å²) in [5.41, 5.74) is 1.22. The molecule has 3 nitrogen and oxygen atoms in total. The molecule has 1 aliphatic heterocycles. The van der Waals surface area contributed by atoms with Crippen LogP contribution in [0.4, 0.5) is 0 Å². The van der Waals surface area contributed by atoms with Crippen molar-refractivity contribution in [1.82, 2.24) is 4.98 Å². The summed E-state index contributed by atoms with van der Waals surface area (Å²) in [6.07, 6.45) is 9.66. The van der Waals surface area contributed by atoms with Gasteiger partial charge in [0.05, 0.1) is 18.3 Å². The third kappa shape index (κ3) is 1.92. The predicted octanol–water partition coefficient (Wildman–Crippen LogP) is 3.60. The van der Waals surface area contributed by atoms with Gasteiger partial charge in [0.1, 0.15) is 0 Å². The number of ether oxygens (including phenoxy) is 1. The fraction of sp³-hybridized carbons (Fsp3) is 0.667. The number of rotatable bonds is 2. The lowest BCUT2D eigenvalue weighted by molar-refractivity contribution is -0.0221. The van der Waals surface area contributed by atoms with Gasteiger partial charge in [-0.2, -0.15) is 5.26 Å². The first-order valence-electron chi connectivity index (χ1n) is 8.20. The highest BCUT2D eigenvalue weighted by Crippen LogP contribution is 2.60. The highest BCUT2D eigenvalue weighted by atomic mass is 16.5. The summed E-state index contributed by atoms with van der Waals surface area (Å²) in [4.78, 5) is 4.60. The molecule has 0 unspecified atom stereocenters. The third-order valence-corrected chi connectivity index (χ3v) is 6.17. The van der Waals surface area contributed by atoms with Gasteiger partial charge in [-0.25, -0.2) is 0 Å². The maximum Gasteiger partial charge on any atom is 0.0714 e. The fourth-order valence-electron chi connectivity index (χ4n) is 5.25. The van der Waals surface area contributed by atoms with Crippen LogP contribution in [0.3, 0.4) is 0 Å². The van der Waals surface area contributed by atoms with E-state index >= 15 is 0 Å². The van der Waals surface area contributed by atoms with Crippen LogP contribution in [0.5, 0.6) is 0 Å². The lowest BCUT2D eigenvalue weighted by Gasteiger charge is -2.33. The SMILES string of the molecule is N#CC[C@@]1(c2ccccn2)C[C@H]2COC3(CCCC3)[C@H]2C1. The normalized spacial score (nSPS) is 36.7. The summed E-state index contributed by atoms with van der Waals surface area (Å²) in [5.74, 6) is 1.26. The van der Waals surface area contributed by atoms with E-state index in [1.165, 1.54) is 25.7 Å². The van der Waals surface area contributed by atoms with E-state index in [0.717, 1.165) is 25.1 Å². The standard InChI is InChI=1S/C18H22N2O/c19-9-8-17(16-5-1-4-10-20-16)11-14-13-21-18(15(14)12-17)6-2-3-7-18/h1,4-5,10,14-15H,2-3,6-8,11-13H2/t14-,15-,17+/m0/s1. The molecule has 0 aromatic carbocycles. The topological polar surface area (TPSA) is 45.9 Å². The Balaban J connectivity index is 1.68. The number of pyridine rings is 1. The van der Waals surface area contributed by atoms with Crippen molar-refractivity contribution in [2.75, 3.05) is 6.61 Å². The van der Waals surface area contributed by atoms with E-state index < -0.39 is 0 Å². The molecule has 21 heavy (non-hydrogen) atoms. The number of nitriles is 1. The van der Waals surface area contributed by atoms with Gasteiger partial charge in [-0.05, 0) is 49.7 Å². The van der Waals surface area contributed by atoms with Crippen LogP contribution in [0.2, 0.25) is 0 Å². The quantitative estimate of drug-likeness (QED) is 0.832. The van der Waals surface area contributed by atoms with E-state index in [0.29, 0.717) is 18.3 Å². The second-order valence-electron chi connectivity index (χ2n) is 7.19. The van der Waals surface area contributed by atoms with Gasteiger partial charge in [0.15, 0.2) is 0 Å². The fourth-order valence-corrected chi connectivity index (χ4v) is 5.25. The van der Waals surface area contributed by atoms with Gasteiger partial charge in [0, 0.05) is 23.7 Å². The largest absolute Gasteiger partial charge is 0.374 e. The van der Waals surface area contributed by atoms with Crippen LogP contribution < -0.4 is 0 Å². The van der Waals surface area contributed by atoms with E-state index in [9.17, 15) is 5.26 Å². The van der Waals surface area contributed by atoms with E-state index in [1.54, 1.807) is 0 Å². The average Bonchev–Trinajstić information content (AvgIpc) is 3.19. The van der Waals surface area contributed by atoms with Crippen molar-refractivity contribution in [3.63, 3.8) is 0 Å². The van der Waals surface area contributed by atoms with Gasteiger partial charge in [-0.15, -0.1) is 0 Å². The lowest BCUT2D eigenvalue weighted by Crippen LogP contribution is -2.34. The van der Waals surface area contributed by atoms with Gasteiger partial charge < -0.3 is 4.74 Å². The molecule has 0 bridgehead atoms. The summed E-state index contributed by atoms with van der Waals surface area (Å²) in [6, 6.07) is 8.56. The van der Waals surface area contributed by atoms with Crippen LogP contribution in [0, 0.1) is 23.2 Å². The van der Waals surface area contributed by atoms with E-state index in [2.05, 4.69) is 23.2 Å². The van der Waals surface area contributed by atoms with Gasteiger partial charge in [0.25, 0.3) is 0 Å². The smallest absolute Gasteiger partial charge is 0.0714 e.